The molecule has 4 rings (SSSR count). The Morgan fingerprint density at radius 2 is 1.93 bits per heavy atom. The number of hydrogen-bond donors (Lipinski definition) is 0. The zero-order valence-electron chi connectivity index (χ0n) is 14.8. The van der Waals surface area contributed by atoms with Gasteiger partial charge in [-0.2, -0.15) is 4.99 Å². The first-order chi connectivity index (χ1) is 13.7. The fourth-order valence-electron chi connectivity index (χ4n) is 3.37. The molecule has 0 N–H and O–H groups in total. The van der Waals surface area contributed by atoms with Crippen LogP contribution in [-0.2, 0) is 9.84 Å². The summed E-state index contributed by atoms with van der Waals surface area (Å²) in [6.45, 7) is 0. The van der Waals surface area contributed by atoms with Gasteiger partial charge < -0.3 is 4.90 Å². The number of rotatable bonds is 3. The first-order valence-corrected chi connectivity index (χ1v) is 12.0. The van der Waals surface area contributed by atoms with E-state index in [9.17, 15) is 23.3 Å². The molecule has 2 fully saturated rings. The molecule has 2 heterocycles. The number of carbonyl (C=O) groups excluding carboxylic acids is 1. The predicted octanol–water partition coefficient (Wildman–Crippen LogP) is 3.27. The number of halogens is 1. The molecule has 0 spiro atoms. The Hall–Kier alpha value is -2.24. The Kier molecular flexibility index (Phi) is 5.21. The molecule has 0 unspecified atom stereocenters. The van der Waals surface area contributed by atoms with E-state index < -0.39 is 20.7 Å². The number of benzene rings is 2. The number of anilines is 1. The first kappa shape index (κ1) is 20.0. The second kappa shape index (κ2) is 7.54. The summed E-state index contributed by atoms with van der Waals surface area (Å²) >= 11 is 4.63. The van der Waals surface area contributed by atoms with Crippen LogP contribution < -0.4 is 4.90 Å². The normalized spacial score (nSPS) is 23.9. The van der Waals surface area contributed by atoms with Crippen molar-refractivity contribution in [2.75, 3.05) is 16.4 Å². The van der Waals surface area contributed by atoms with E-state index in [4.69, 9.17) is 0 Å². The maximum Gasteiger partial charge on any atom is 0.279 e. The van der Waals surface area contributed by atoms with Crippen LogP contribution in [0.1, 0.15) is 10.4 Å². The molecule has 0 saturated carbocycles. The first-order valence-electron chi connectivity index (χ1n) is 8.53. The van der Waals surface area contributed by atoms with Gasteiger partial charge in [-0.15, -0.1) is 0 Å². The lowest BCUT2D eigenvalue weighted by atomic mass is 10.2. The van der Waals surface area contributed by atoms with E-state index in [1.807, 2.05) is 24.3 Å². The van der Waals surface area contributed by atoms with Crippen molar-refractivity contribution in [3.05, 3.63) is 68.7 Å². The van der Waals surface area contributed by atoms with E-state index in [1.165, 1.54) is 36.0 Å². The summed E-state index contributed by atoms with van der Waals surface area (Å²) in [4.78, 5) is 29.0. The van der Waals surface area contributed by atoms with Gasteiger partial charge in [-0.25, -0.2) is 8.42 Å². The van der Waals surface area contributed by atoms with Crippen molar-refractivity contribution in [1.29, 1.82) is 0 Å². The van der Waals surface area contributed by atoms with Crippen molar-refractivity contribution in [2.24, 2.45) is 4.99 Å². The number of fused-ring (bicyclic) bond motifs is 1. The van der Waals surface area contributed by atoms with Gasteiger partial charge in [0.25, 0.3) is 11.6 Å². The summed E-state index contributed by atoms with van der Waals surface area (Å²) in [7, 11) is -3.16. The minimum atomic E-state index is -3.16. The fraction of sp³-hybridized carbons (Fsp3) is 0.222. The quantitative estimate of drug-likeness (QED) is 0.474. The molecule has 8 nitrogen and oxygen atoms in total. The smallest absolute Gasteiger partial charge is 0.279 e. The average molecular weight is 496 g/mol. The molecule has 2 aliphatic rings. The third-order valence-corrected chi connectivity index (χ3v) is 8.41. The molecule has 2 aromatic rings. The highest BCUT2D eigenvalue weighted by atomic mass is 79.9. The van der Waals surface area contributed by atoms with Gasteiger partial charge in [0, 0.05) is 33.1 Å². The van der Waals surface area contributed by atoms with Crippen molar-refractivity contribution < 1.29 is 18.1 Å². The van der Waals surface area contributed by atoms with Gasteiger partial charge in [-0.3, -0.25) is 14.9 Å². The number of non-ortho nitro benzene ring substituents is 1. The highest BCUT2D eigenvalue weighted by Crippen LogP contribution is 2.41. The maximum atomic E-state index is 12.7. The number of amidine groups is 1. The monoisotopic (exact) mass is 495 g/mol. The van der Waals surface area contributed by atoms with Crippen LogP contribution in [-0.4, -0.2) is 47.2 Å². The maximum absolute atomic E-state index is 12.7. The second-order valence-electron chi connectivity index (χ2n) is 6.65. The van der Waals surface area contributed by atoms with E-state index in [0.717, 1.165) is 10.2 Å². The van der Waals surface area contributed by atoms with E-state index in [2.05, 4.69) is 20.9 Å². The largest absolute Gasteiger partial charge is 0.316 e. The molecular weight excluding hydrogens is 482 g/mol. The number of amides is 1. The summed E-state index contributed by atoms with van der Waals surface area (Å²) in [5.41, 5.74) is 0.645. The highest BCUT2D eigenvalue weighted by molar-refractivity contribution is 9.10. The average Bonchev–Trinajstić information content (AvgIpc) is 3.13. The topological polar surface area (TPSA) is 110 Å². The zero-order chi connectivity index (χ0) is 20.8. The van der Waals surface area contributed by atoms with Crippen LogP contribution >= 0.6 is 27.7 Å². The van der Waals surface area contributed by atoms with Gasteiger partial charge in [0.1, 0.15) is 0 Å². The van der Waals surface area contributed by atoms with Crippen molar-refractivity contribution >= 4 is 60.0 Å². The Morgan fingerprint density at radius 3 is 2.62 bits per heavy atom. The van der Waals surface area contributed by atoms with Crippen LogP contribution in [0, 0.1) is 10.1 Å². The molecular formula is C18H14BrN3O5S2. The van der Waals surface area contributed by atoms with Crippen LogP contribution in [0.4, 0.5) is 11.4 Å². The van der Waals surface area contributed by atoms with Crippen LogP contribution in [0.2, 0.25) is 0 Å². The summed E-state index contributed by atoms with van der Waals surface area (Å²) in [5, 5.41) is 11.1. The van der Waals surface area contributed by atoms with Crippen molar-refractivity contribution in [3.8, 4) is 0 Å². The van der Waals surface area contributed by atoms with E-state index in [0.29, 0.717) is 5.17 Å². The molecule has 150 valence electrons. The molecule has 11 heteroatoms. The lowest BCUT2D eigenvalue weighted by molar-refractivity contribution is -0.384. The van der Waals surface area contributed by atoms with Crippen LogP contribution in [0.3, 0.4) is 0 Å². The number of nitro benzene ring substituents is 1. The number of nitrogens with zero attached hydrogens (tertiary/aromatic N) is 3. The summed E-state index contributed by atoms with van der Waals surface area (Å²) < 4.78 is 25.1. The van der Waals surface area contributed by atoms with Gasteiger partial charge in [0.05, 0.1) is 22.5 Å². The Labute approximate surface area is 179 Å². The minimum absolute atomic E-state index is 0.00918. The molecule has 2 atom stereocenters. The number of nitro groups is 1. The molecule has 0 radical (unpaired) electrons. The van der Waals surface area contributed by atoms with Gasteiger partial charge in [-0.1, -0.05) is 33.8 Å². The van der Waals surface area contributed by atoms with Gasteiger partial charge >= 0.3 is 0 Å². The fourth-order valence-corrected chi connectivity index (χ4v) is 7.55. The summed E-state index contributed by atoms with van der Waals surface area (Å²) in [6, 6.07) is 12.4. The molecule has 29 heavy (non-hydrogen) atoms. The van der Waals surface area contributed by atoms with E-state index >= 15 is 0 Å². The Bertz CT molecular complexity index is 1130. The van der Waals surface area contributed by atoms with Gasteiger partial charge in [0.15, 0.2) is 15.0 Å². The van der Waals surface area contributed by atoms with Crippen molar-refractivity contribution in [1.82, 2.24) is 0 Å². The standard InChI is InChI=1S/C18H14BrN3O5S2/c19-12-4-6-13(7-5-12)21-15-9-29(26,27)10-16(15)28-18(21)20-17(23)11-2-1-3-14(8-11)22(24)25/h1-8,15-16H,9-10H2/t15-,16+/m1/s1. The van der Waals surface area contributed by atoms with E-state index in [1.54, 1.807) is 4.90 Å². The van der Waals surface area contributed by atoms with Crippen molar-refractivity contribution in [3.63, 3.8) is 0 Å². The minimum Gasteiger partial charge on any atom is -0.316 e. The zero-order valence-corrected chi connectivity index (χ0v) is 18.0. The van der Waals surface area contributed by atoms with Crippen LogP contribution in [0.25, 0.3) is 0 Å². The molecule has 2 aromatic carbocycles. The Balaban J connectivity index is 1.71. The second-order valence-corrected chi connectivity index (χ2v) is 10.9. The van der Waals surface area contributed by atoms with Gasteiger partial charge in [0.2, 0.25) is 0 Å². The number of carbonyl (C=O) groups is 1. The number of sulfone groups is 1. The molecule has 0 aliphatic carbocycles. The predicted molar refractivity (Wildman–Crippen MR) is 115 cm³/mol. The van der Waals surface area contributed by atoms with E-state index in [-0.39, 0.29) is 34.0 Å². The molecule has 0 bridgehead atoms. The summed E-state index contributed by atoms with van der Waals surface area (Å²) in [5.74, 6) is -0.592. The highest BCUT2D eigenvalue weighted by Gasteiger charge is 2.49. The molecule has 0 aromatic heterocycles. The lowest BCUT2D eigenvalue weighted by Gasteiger charge is -2.24. The number of aliphatic imine (C=N–C) groups is 1. The van der Waals surface area contributed by atoms with Gasteiger partial charge in [-0.05, 0) is 30.3 Å². The molecule has 2 saturated heterocycles. The number of thioether (sulfide) groups is 1. The third kappa shape index (κ3) is 4.07. The Morgan fingerprint density at radius 1 is 1.21 bits per heavy atom. The lowest BCUT2D eigenvalue weighted by Crippen LogP contribution is -2.37. The van der Waals surface area contributed by atoms with Crippen LogP contribution in [0.5, 0.6) is 0 Å². The summed E-state index contributed by atoms with van der Waals surface area (Å²) in [6.07, 6.45) is 0. The molecule has 2 aliphatic heterocycles. The van der Waals surface area contributed by atoms with Crippen molar-refractivity contribution in [2.45, 2.75) is 11.3 Å². The third-order valence-electron chi connectivity index (χ3n) is 4.67. The van der Waals surface area contributed by atoms with Crippen LogP contribution in [0.15, 0.2) is 58.0 Å². The number of hydrogen-bond acceptors (Lipinski definition) is 6. The SMILES string of the molecule is O=C(N=C1S[C@H]2CS(=O)(=O)C[C@H]2N1c1ccc(Br)cc1)c1cccc([N+](=O)[O-])c1. The molecule has 1 amide bonds.